The molecule has 0 aliphatic carbocycles. The van der Waals surface area contributed by atoms with Gasteiger partial charge in [0.2, 0.25) is 5.88 Å². The maximum Gasteiger partial charge on any atom is 0.265 e. The number of nitrogens with zero attached hydrogens (tertiary/aromatic N) is 2. The molecule has 0 N–H and O–H groups in total. The Balaban J connectivity index is 3.28. The Bertz CT molecular complexity index is 404. The van der Waals surface area contributed by atoms with E-state index in [0.29, 0.717) is 0 Å². The maximum absolute atomic E-state index is 12.6. The minimum Gasteiger partial charge on any atom is -0.481 e. The van der Waals surface area contributed by atoms with Crippen molar-refractivity contribution < 1.29 is 13.5 Å². The zero-order valence-corrected chi connectivity index (χ0v) is 9.38. The second kappa shape index (κ2) is 5.03. The Morgan fingerprint density at radius 1 is 1.67 bits per heavy atom. The highest BCUT2D eigenvalue weighted by molar-refractivity contribution is 9.10. The second-order valence-electron chi connectivity index (χ2n) is 2.65. The summed E-state index contributed by atoms with van der Waals surface area (Å²) < 4.78 is 30.1. The van der Waals surface area contributed by atoms with Crippen LogP contribution in [0.5, 0.6) is 5.88 Å². The fourth-order valence-electron chi connectivity index (χ4n) is 1.03. The summed E-state index contributed by atoms with van der Waals surface area (Å²) in [5, 5.41) is 8.50. The van der Waals surface area contributed by atoms with Crippen LogP contribution in [0, 0.1) is 11.3 Å². The third-order valence-electron chi connectivity index (χ3n) is 1.72. The summed E-state index contributed by atoms with van der Waals surface area (Å²) in [7, 11) is 1.33. The average molecular weight is 277 g/mol. The normalized spacial score (nSPS) is 10.1. The van der Waals surface area contributed by atoms with Crippen LogP contribution in [0.3, 0.4) is 0 Å². The van der Waals surface area contributed by atoms with Gasteiger partial charge < -0.3 is 4.74 Å². The smallest absolute Gasteiger partial charge is 0.265 e. The van der Waals surface area contributed by atoms with Crippen molar-refractivity contribution in [2.75, 3.05) is 7.11 Å². The molecular weight excluding hydrogens is 270 g/mol. The highest BCUT2D eigenvalue weighted by Crippen LogP contribution is 2.32. The number of hydrogen-bond donors (Lipinski definition) is 0. The first kappa shape index (κ1) is 11.9. The van der Waals surface area contributed by atoms with Gasteiger partial charge in [0, 0.05) is 16.1 Å². The van der Waals surface area contributed by atoms with Crippen LogP contribution in [0.25, 0.3) is 0 Å². The van der Waals surface area contributed by atoms with Gasteiger partial charge in [-0.15, -0.1) is 0 Å². The van der Waals surface area contributed by atoms with E-state index in [9.17, 15) is 8.78 Å². The molecule has 3 nitrogen and oxygen atoms in total. The van der Waals surface area contributed by atoms with E-state index in [1.807, 2.05) is 6.07 Å². The van der Waals surface area contributed by atoms with E-state index in [1.165, 1.54) is 7.11 Å². The number of ether oxygens (including phenoxy) is 1. The van der Waals surface area contributed by atoms with E-state index in [2.05, 4.69) is 20.9 Å². The lowest BCUT2D eigenvalue weighted by atomic mass is 10.2. The van der Waals surface area contributed by atoms with Crippen LogP contribution in [0.1, 0.15) is 17.7 Å². The summed E-state index contributed by atoms with van der Waals surface area (Å²) >= 11 is 3.00. The Labute approximate surface area is 93.8 Å². The molecule has 0 bridgehead atoms. The molecule has 15 heavy (non-hydrogen) atoms. The molecule has 1 heterocycles. The molecular formula is C9H7BrF2N2O. The zero-order valence-electron chi connectivity index (χ0n) is 7.80. The van der Waals surface area contributed by atoms with Gasteiger partial charge in [-0.25, -0.2) is 13.8 Å². The summed E-state index contributed by atoms with van der Waals surface area (Å²) in [5.41, 5.74) is 0.0410. The SMILES string of the molecule is COc1cc(C(F)F)c(Br)c(CC#N)n1. The Hall–Kier alpha value is -1.22. The quantitative estimate of drug-likeness (QED) is 0.853. The topological polar surface area (TPSA) is 45.9 Å². The van der Waals surface area contributed by atoms with Crippen molar-refractivity contribution in [2.45, 2.75) is 12.8 Å². The lowest BCUT2D eigenvalue weighted by Crippen LogP contribution is -1.99. The lowest BCUT2D eigenvalue weighted by molar-refractivity contribution is 0.149. The summed E-state index contributed by atoms with van der Waals surface area (Å²) in [6.45, 7) is 0. The molecule has 0 aliphatic heterocycles. The van der Waals surface area contributed by atoms with Crippen LogP contribution < -0.4 is 4.74 Å². The van der Waals surface area contributed by atoms with Crippen molar-refractivity contribution in [3.05, 3.63) is 21.8 Å². The lowest BCUT2D eigenvalue weighted by Gasteiger charge is -2.09. The number of hydrogen-bond acceptors (Lipinski definition) is 3. The van der Waals surface area contributed by atoms with Crippen LogP contribution in [0.4, 0.5) is 8.78 Å². The van der Waals surface area contributed by atoms with E-state index >= 15 is 0 Å². The summed E-state index contributed by atoms with van der Waals surface area (Å²) in [6.07, 6.45) is -2.67. The van der Waals surface area contributed by atoms with Gasteiger partial charge in [-0.1, -0.05) is 0 Å². The van der Waals surface area contributed by atoms with Gasteiger partial charge in [0.05, 0.1) is 25.3 Å². The Morgan fingerprint density at radius 2 is 2.33 bits per heavy atom. The molecule has 0 saturated heterocycles. The van der Waals surface area contributed by atoms with Crippen LogP contribution >= 0.6 is 15.9 Å². The Kier molecular flexibility index (Phi) is 3.97. The fourth-order valence-corrected chi connectivity index (χ4v) is 1.55. The molecule has 1 aromatic heterocycles. The van der Waals surface area contributed by atoms with Gasteiger partial charge in [-0.2, -0.15) is 5.26 Å². The number of rotatable bonds is 3. The highest BCUT2D eigenvalue weighted by atomic mass is 79.9. The van der Waals surface area contributed by atoms with Crippen molar-refractivity contribution >= 4 is 15.9 Å². The highest BCUT2D eigenvalue weighted by Gasteiger charge is 2.17. The molecule has 0 spiro atoms. The number of methoxy groups -OCH3 is 1. The van der Waals surface area contributed by atoms with E-state index in [1.54, 1.807) is 0 Å². The molecule has 1 rings (SSSR count). The number of alkyl halides is 2. The minimum absolute atomic E-state index is 0.0441. The minimum atomic E-state index is -2.63. The van der Waals surface area contributed by atoms with Crippen LogP contribution in [-0.4, -0.2) is 12.1 Å². The largest absolute Gasteiger partial charge is 0.481 e. The van der Waals surface area contributed by atoms with E-state index in [0.717, 1.165) is 6.07 Å². The van der Waals surface area contributed by atoms with Crippen LogP contribution in [0.15, 0.2) is 10.5 Å². The molecule has 80 valence electrons. The van der Waals surface area contributed by atoms with Crippen molar-refractivity contribution in [2.24, 2.45) is 0 Å². The van der Waals surface area contributed by atoms with Gasteiger partial charge >= 0.3 is 0 Å². The summed E-state index contributed by atoms with van der Waals surface area (Å²) in [5.74, 6) is 0.0822. The van der Waals surface area contributed by atoms with Gasteiger partial charge in [0.25, 0.3) is 6.43 Å². The molecule has 0 atom stereocenters. The first-order valence-electron chi connectivity index (χ1n) is 3.98. The van der Waals surface area contributed by atoms with Gasteiger partial charge in [-0.05, 0) is 15.9 Å². The van der Waals surface area contributed by atoms with Crippen molar-refractivity contribution in [1.82, 2.24) is 4.98 Å². The predicted octanol–water partition coefficient (Wildman–Crippen LogP) is 2.86. The van der Waals surface area contributed by atoms with Gasteiger partial charge in [0.15, 0.2) is 0 Å². The first-order chi connectivity index (χ1) is 7.10. The Morgan fingerprint density at radius 3 is 2.80 bits per heavy atom. The van der Waals surface area contributed by atoms with Crippen LogP contribution in [-0.2, 0) is 6.42 Å². The van der Waals surface area contributed by atoms with Crippen molar-refractivity contribution in [3.8, 4) is 11.9 Å². The standard InChI is InChI=1S/C9H7BrF2N2O/c1-15-7-4-5(9(11)12)8(10)6(14-7)2-3-13/h4,9H,2H2,1H3. The van der Waals surface area contributed by atoms with E-state index < -0.39 is 6.43 Å². The molecule has 0 aliphatic rings. The van der Waals surface area contributed by atoms with Crippen molar-refractivity contribution in [1.29, 1.82) is 5.26 Å². The molecule has 0 fully saturated rings. The number of aromatic nitrogens is 1. The molecule has 0 saturated carbocycles. The predicted molar refractivity (Wildman–Crippen MR) is 52.8 cm³/mol. The van der Waals surface area contributed by atoms with E-state index in [4.69, 9.17) is 10.00 Å². The van der Waals surface area contributed by atoms with Crippen molar-refractivity contribution in [3.63, 3.8) is 0 Å². The summed E-state index contributed by atoms with van der Waals surface area (Å²) in [6, 6.07) is 3.00. The van der Waals surface area contributed by atoms with Gasteiger partial charge in [0.1, 0.15) is 0 Å². The molecule has 0 radical (unpaired) electrons. The molecule has 0 aromatic carbocycles. The van der Waals surface area contributed by atoms with Crippen LogP contribution in [0.2, 0.25) is 0 Å². The van der Waals surface area contributed by atoms with E-state index in [-0.39, 0.29) is 28.0 Å². The average Bonchev–Trinajstić information content (AvgIpc) is 2.21. The monoisotopic (exact) mass is 276 g/mol. The zero-order chi connectivity index (χ0) is 11.4. The number of halogens is 3. The molecule has 6 heteroatoms. The van der Waals surface area contributed by atoms with Gasteiger partial charge in [-0.3, -0.25) is 0 Å². The first-order valence-corrected chi connectivity index (χ1v) is 4.77. The number of nitriles is 1. The molecule has 0 unspecified atom stereocenters. The second-order valence-corrected chi connectivity index (χ2v) is 3.44. The summed E-state index contributed by atoms with van der Waals surface area (Å²) in [4.78, 5) is 3.90. The maximum atomic E-state index is 12.6. The third kappa shape index (κ3) is 2.63. The third-order valence-corrected chi connectivity index (χ3v) is 2.64. The fraction of sp³-hybridized carbons (Fsp3) is 0.333. The number of pyridine rings is 1. The molecule has 1 aromatic rings. The molecule has 0 amide bonds.